The van der Waals surface area contributed by atoms with E-state index in [0.717, 1.165) is 18.4 Å². The summed E-state index contributed by atoms with van der Waals surface area (Å²) in [7, 11) is -3.42. The van der Waals surface area contributed by atoms with E-state index >= 15 is 0 Å². The largest absolute Gasteiger partial charge is 0.435 e. The van der Waals surface area contributed by atoms with Crippen molar-refractivity contribution in [2.45, 2.75) is 18.8 Å². The molecule has 1 aromatic carbocycles. The fourth-order valence-electron chi connectivity index (χ4n) is 3.37. The van der Waals surface area contributed by atoms with Gasteiger partial charge in [0.1, 0.15) is 11.4 Å². The van der Waals surface area contributed by atoms with Gasteiger partial charge in [0.15, 0.2) is 0 Å². The molecule has 0 bridgehead atoms. The minimum absolute atomic E-state index is 0.0300. The van der Waals surface area contributed by atoms with Crippen LogP contribution in [-0.2, 0) is 16.2 Å². The second-order valence-electron chi connectivity index (χ2n) is 7.32. The SMILES string of the molecule is CS(=O)(=O)N1CCNC(CNC(=O)c2cc(N)c3cc(OC(F)F)cc(C(F)(F)F)c3n2)C1. The zero-order valence-corrected chi connectivity index (χ0v) is 17.9. The Morgan fingerprint density at radius 3 is 2.67 bits per heavy atom. The molecule has 1 unspecified atom stereocenters. The number of sulfonamides is 1. The number of nitrogens with two attached hydrogens (primary N) is 1. The maximum Gasteiger partial charge on any atom is 0.418 e. The van der Waals surface area contributed by atoms with E-state index < -0.39 is 57.3 Å². The Hall–Kier alpha value is -2.78. The molecule has 2 heterocycles. The van der Waals surface area contributed by atoms with E-state index in [9.17, 15) is 35.2 Å². The number of ether oxygens (including phenoxy) is 1. The van der Waals surface area contributed by atoms with Crippen LogP contribution in [0.2, 0.25) is 0 Å². The number of nitrogens with one attached hydrogen (secondary N) is 2. The number of hydrogen-bond acceptors (Lipinski definition) is 7. The van der Waals surface area contributed by atoms with Gasteiger partial charge in [-0.2, -0.15) is 26.3 Å². The van der Waals surface area contributed by atoms with Crippen molar-refractivity contribution in [2.24, 2.45) is 0 Å². The van der Waals surface area contributed by atoms with Crippen LogP contribution in [0.15, 0.2) is 18.2 Å². The molecule has 1 atom stereocenters. The first-order valence-corrected chi connectivity index (χ1v) is 11.3. The molecule has 1 aliphatic rings. The summed E-state index contributed by atoms with van der Waals surface area (Å²) in [5, 5.41) is 5.20. The second-order valence-corrected chi connectivity index (χ2v) is 9.30. The number of nitrogens with zero attached hydrogens (tertiary/aromatic N) is 2. The van der Waals surface area contributed by atoms with E-state index in [1.165, 1.54) is 4.31 Å². The normalized spacial score (nSPS) is 18.0. The van der Waals surface area contributed by atoms with Gasteiger partial charge in [0, 0.05) is 43.3 Å². The molecule has 1 fully saturated rings. The molecule has 2 aromatic rings. The summed E-state index contributed by atoms with van der Waals surface area (Å²) in [6.07, 6.45) is -3.93. The van der Waals surface area contributed by atoms with Crippen LogP contribution in [0, 0.1) is 0 Å². The van der Waals surface area contributed by atoms with E-state index in [4.69, 9.17) is 5.73 Å². The van der Waals surface area contributed by atoms with Gasteiger partial charge in [0.05, 0.1) is 17.3 Å². The van der Waals surface area contributed by atoms with Gasteiger partial charge in [-0.25, -0.2) is 13.4 Å². The predicted octanol–water partition coefficient (Wildman–Crippen LogP) is 1.40. The van der Waals surface area contributed by atoms with Gasteiger partial charge in [-0.1, -0.05) is 0 Å². The topological polar surface area (TPSA) is 127 Å². The minimum atomic E-state index is -4.99. The van der Waals surface area contributed by atoms with E-state index in [-0.39, 0.29) is 30.7 Å². The van der Waals surface area contributed by atoms with Crippen molar-refractivity contribution in [3.05, 3.63) is 29.5 Å². The molecule has 1 aliphatic heterocycles. The van der Waals surface area contributed by atoms with Crippen molar-refractivity contribution in [2.75, 3.05) is 38.2 Å². The van der Waals surface area contributed by atoms with Crippen LogP contribution in [0.3, 0.4) is 0 Å². The van der Waals surface area contributed by atoms with Crippen molar-refractivity contribution in [1.29, 1.82) is 0 Å². The lowest BCUT2D eigenvalue weighted by atomic mass is 10.1. The van der Waals surface area contributed by atoms with Gasteiger partial charge in [-0.3, -0.25) is 4.79 Å². The number of piperazine rings is 1. The highest BCUT2D eigenvalue weighted by molar-refractivity contribution is 7.88. The van der Waals surface area contributed by atoms with E-state index in [2.05, 4.69) is 20.4 Å². The van der Waals surface area contributed by atoms with Crippen LogP contribution >= 0.6 is 0 Å². The molecule has 3 rings (SSSR count). The Kier molecular flexibility index (Phi) is 6.95. The smallest absolute Gasteiger partial charge is 0.418 e. The molecule has 1 saturated heterocycles. The first kappa shape index (κ1) is 24.9. The van der Waals surface area contributed by atoms with Gasteiger partial charge in [0.2, 0.25) is 10.0 Å². The lowest BCUT2D eigenvalue weighted by Crippen LogP contribution is -2.56. The van der Waals surface area contributed by atoms with Crippen molar-refractivity contribution < 1.29 is 39.9 Å². The average Bonchev–Trinajstić information content (AvgIpc) is 2.70. The molecule has 1 aromatic heterocycles. The van der Waals surface area contributed by atoms with Crippen LogP contribution in [0.4, 0.5) is 27.6 Å². The standard InChI is InChI=1S/C18H20F5N5O4S/c1-33(30,31)28-3-2-25-9(8-28)7-26-16(29)14-6-13(24)11-4-10(32-17(19)20)5-12(15(11)27-14)18(21,22)23/h4-6,9,17,25H,2-3,7-8H2,1H3,(H2,24,27)(H,26,29). The maximum absolute atomic E-state index is 13.5. The van der Waals surface area contributed by atoms with E-state index in [0.29, 0.717) is 12.6 Å². The molecule has 0 spiro atoms. The van der Waals surface area contributed by atoms with Gasteiger partial charge in [0.25, 0.3) is 5.91 Å². The number of rotatable bonds is 6. The van der Waals surface area contributed by atoms with Crippen molar-refractivity contribution in [3.63, 3.8) is 0 Å². The first-order chi connectivity index (χ1) is 15.3. The van der Waals surface area contributed by atoms with E-state index in [1.54, 1.807) is 0 Å². The number of halogens is 5. The fourth-order valence-corrected chi connectivity index (χ4v) is 4.24. The number of amides is 1. The number of fused-ring (bicyclic) bond motifs is 1. The Morgan fingerprint density at radius 1 is 1.36 bits per heavy atom. The molecule has 0 radical (unpaired) electrons. The second kappa shape index (κ2) is 9.23. The molecule has 9 nitrogen and oxygen atoms in total. The van der Waals surface area contributed by atoms with Gasteiger partial charge in [-0.15, -0.1) is 0 Å². The number of carbonyl (C=O) groups excluding carboxylic acids is 1. The van der Waals surface area contributed by atoms with Crippen LogP contribution in [-0.4, -0.2) is 68.7 Å². The molecule has 33 heavy (non-hydrogen) atoms. The molecular weight excluding hydrogens is 477 g/mol. The Balaban J connectivity index is 1.87. The number of benzene rings is 1. The summed E-state index contributed by atoms with van der Waals surface area (Å²) in [5.41, 5.74) is 2.98. The number of pyridine rings is 1. The minimum Gasteiger partial charge on any atom is -0.435 e. The summed E-state index contributed by atoms with van der Waals surface area (Å²) in [5.74, 6) is -1.60. The summed E-state index contributed by atoms with van der Waals surface area (Å²) in [6.45, 7) is -2.67. The predicted molar refractivity (Wildman–Crippen MR) is 108 cm³/mol. The Bertz CT molecular complexity index is 1160. The Labute approximate surface area is 185 Å². The summed E-state index contributed by atoms with van der Waals surface area (Å²) in [4.78, 5) is 16.3. The van der Waals surface area contributed by atoms with Crippen molar-refractivity contribution >= 4 is 32.5 Å². The number of hydrogen-bond donors (Lipinski definition) is 3. The summed E-state index contributed by atoms with van der Waals surface area (Å²) in [6, 6.07) is 1.82. The monoisotopic (exact) mass is 497 g/mol. The molecular formula is C18H20F5N5O4S. The average molecular weight is 497 g/mol. The molecule has 182 valence electrons. The number of carbonyl (C=O) groups is 1. The molecule has 4 N–H and O–H groups in total. The zero-order chi connectivity index (χ0) is 24.6. The third-order valence-electron chi connectivity index (χ3n) is 4.88. The van der Waals surface area contributed by atoms with Crippen molar-refractivity contribution in [3.8, 4) is 5.75 Å². The summed E-state index contributed by atoms with van der Waals surface area (Å²) >= 11 is 0. The lowest BCUT2D eigenvalue weighted by molar-refractivity contribution is -0.136. The van der Waals surface area contributed by atoms with Crippen LogP contribution < -0.4 is 21.1 Å². The van der Waals surface area contributed by atoms with Gasteiger partial charge < -0.3 is 21.1 Å². The first-order valence-electron chi connectivity index (χ1n) is 9.48. The number of aromatic nitrogens is 1. The lowest BCUT2D eigenvalue weighted by Gasteiger charge is -2.32. The molecule has 15 heteroatoms. The van der Waals surface area contributed by atoms with Crippen molar-refractivity contribution in [1.82, 2.24) is 19.9 Å². The number of nitrogen functional groups attached to an aromatic ring is 1. The number of alkyl halides is 5. The zero-order valence-electron chi connectivity index (χ0n) is 17.1. The highest BCUT2D eigenvalue weighted by Crippen LogP contribution is 2.39. The van der Waals surface area contributed by atoms with Gasteiger partial charge in [-0.05, 0) is 18.2 Å². The molecule has 1 amide bonds. The highest BCUT2D eigenvalue weighted by Gasteiger charge is 2.35. The Morgan fingerprint density at radius 2 is 2.06 bits per heavy atom. The fraction of sp³-hybridized carbons (Fsp3) is 0.444. The van der Waals surface area contributed by atoms with Gasteiger partial charge >= 0.3 is 12.8 Å². The third kappa shape index (κ3) is 5.97. The molecule has 0 saturated carbocycles. The maximum atomic E-state index is 13.5. The number of anilines is 1. The summed E-state index contributed by atoms with van der Waals surface area (Å²) < 4.78 is 94.3. The molecule has 0 aliphatic carbocycles. The van der Waals surface area contributed by atoms with Crippen LogP contribution in [0.1, 0.15) is 16.1 Å². The third-order valence-corrected chi connectivity index (χ3v) is 6.15. The van der Waals surface area contributed by atoms with E-state index in [1.807, 2.05) is 0 Å². The quantitative estimate of drug-likeness (QED) is 0.515. The van der Waals surface area contributed by atoms with Crippen LogP contribution in [0.5, 0.6) is 5.75 Å². The van der Waals surface area contributed by atoms with Crippen LogP contribution in [0.25, 0.3) is 10.9 Å². The highest BCUT2D eigenvalue weighted by atomic mass is 32.2.